The lowest BCUT2D eigenvalue weighted by molar-refractivity contribution is -0.117. The van der Waals surface area contributed by atoms with Crippen LogP contribution in [0.5, 0.6) is 5.75 Å². The minimum Gasteiger partial charge on any atom is -0.496 e. The van der Waals surface area contributed by atoms with E-state index in [1.165, 1.54) is 0 Å². The molecule has 1 amide bonds. The molecular weight excluding hydrogens is 332 g/mol. The molecule has 1 aromatic heterocycles. The zero-order chi connectivity index (χ0) is 14.8. The maximum absolute atomic E-state index is 12.2. The second kappa shape index (κ2) is 5.85. The molecule has 0 bridgehead atoms. The second-order valence-electron chi connectivity index (χ2n) is 5.07. The number of nitrogens with zero attached hydrogens (tertiary/aromatic N) is 1. The van der Waals surface area contributed by atoms with Gasteiger partial charge < -0.3 is 10.1 Å². The Morgan fingerprint density at radius 2 is 2.29 bits per heavy atom. The molecule has 1 aromatic carbocycles. The highest BCUT2D eigenvalue weighted by Gasteiger charge is 2.44. The first-order valence-electron chi connectivity index (χ1n) is 6.73. The van der Waals surface area contributed by atoms with Crippen molar-refractivity contribution in [1.29, 1.82) is 0 Å². The van der Waals surface area contributed by atoms with Gasteiger partial charge in [-0.3, -0.25) is 9.78 Å². The molecule has 1 N–H and O–H groups in total. The number of benzene rings is 1. The van der Waals surface area contributed by atoms with Crippen molar-refractivity contribution in [2.75, 3.05) is 12.4 Å². The molecule has 2 atom stereocenters. The summed E-state index contributed by atoms with van der Waals surface area (Å²) in [5.41, 5.74) is 1.90. The van der Waals surface area contributed by atoms with Crippen LogP contribution in [0.15, 0.2) is 47.2 Å². The number of hydrogen-bond acceptors (Lipinski definition) is 3. The summed E-state index contributed by atoms with van der Waals surface area (Å²) >= 11 is 3.41. The first-order valence-corrected chi connectivity index (χ1v) is 7.52. The van der Waals surface area contributed by atoms with Crippen LogP contribution in [0.3, 0.4) is 0 Å². The lowest BCUT2D eigenvalue weighted by Crippen LogP contribution is -2.14. The molecule has 1 saturated carbocycles. The van der Waals surface area contributed by atoms with Crippen LogP contribution in [0.4, 0.5) is 5.69 Å². The van der Waals surface area contributed by atoms with Crippen molar-refractivity contribution >= 4 is 27.5 Å². The minimum absolute atomic E-state index is 0.0371. The van der Waals surface area contributed by atoms with Gasteiger partial charge in [-0.25, -0.2) is 0 Å². The van der Waals surface area contributed by atoms with Crippen molar-refractivity contribution in [3.05, 3.63) is 52.8 Å². The van der Waals surface area contributed by atoms with E-state index in [0.29, 0.717) is 5.92 Å². The van der Waals surface area contributed by atoms with Gasteiger partial charge in [-0.15, -0.1) is 0 Å². The zero-order valence-electron chi connectivity index (χ0n) is 11.5. The topological polar surface area (TPSA) is 51.2 Å². The molecule has 1 aliphatic carbocycles. The van der Waals surface area contributed by atoms with Gasteiger partial charge in [0.25, 0.3) is 0 Å². The largest absolute Gasteiger partial charge is 0.496 e. The van der Waals surface area contributed by atoms with Crippen LogP contribution < -0.4 is 10.1 Å². The molecule has 5 heteroatoms. The molecule has 0 unspecified atom stereocenters. The summed E-state index contributed by atoms with van der Waals surface area (Å²) in [6.45, 7) is 0. The highest BCUT2D eigenvalue weighted by atomic mass is 79.9. The van der Waals surface area contributed by atoms with E-state index in [1.807, 2.05) is 36.5 Å². The summed E-state index contributed by atoms with van der Waals surface area (Å²) in [6.07, 6.45) is 4.46. The molecule has 1 fully saturated rings. The van der Waals surface area contributed by atoms with E-state index in [-0.39, 0.29) is 11.8 Å². The van der Waals surface area contributed by atoms with Crippen molar-refractivity contribution in [1.82, 2.24) is 4.98 Å². The Kier molecular flexibility index (Phi) is 3.92. The number of methoxy groups -OCH3 is 1. The van der Waals surface area contributed by atoms with Crippen molar-refractivity contribution in [2.45, 2.75) is 12.3 Å². The van der Waals surface area contributed by atoms with Gasteiger partial charge in [0.2, 0.25) is 5.91 Å². The van der Waals surface area contributed by atoms with Gasteiger partial charge in [-0.2, -0.15) is 0 Å². The fourth-order valence-electron chi connectivity index (χ4n) is 2.43. The first kappa shape index (κ1) is 14.1. The molecule has 0 spiro atoms. The van der Waals surface area contributed by atoms with Crippen LogP contribution in [0.1, 0.15) is 17.9 Å². The van der Waals surface area contributed by atoms with E-state index in [2.05, 4.69) is 26.2 Å². The Balaban J connectivity index is 1.64. The number of rotatable bonds is 4. The summed E-state index contributed by atoms with van der Waals surface area (Å²) in [4.78, 5) is 16.3. The fraction of sp³-hybridized carbons (Fsp3) is 0.250. The van der Waals surface area contributed by atoms with Gasteiger partial charge in [0.1, 0.15) is 5.75 Å². The van der Waals surface area contributed by atoms with Crippen LogP contribution in [0.2, 0.25) is 0 Å². The normalized spacial score (nSPS) is 19.9. The van der Waals surface area contributed by atoms with Crippen molar-refractivity contribution in [3.8, 4) is 5.75 Å². The third kappa shape index (κ3) is 3.08. The maximum atomic E-state index is 12.2. The van der Waals surface area contributed by atoms with Crippen molar-refractivity contribution in [2.24, 2.45) is 5.92 Å². The van der Waals surface area contributed by atoms with E-state index in [1.54, 1.807) is 13.3 Å². The van der Waals surface area contributed by atoms with Gasteiger partial charge in [0, 0.05) is 24.0 Å². The maximum Gasteiger partial charge on any atom is 0.228 e. The standard InChI is InChI=1S/C16H15BrN2O2/c1-21-15-5-4-11(7-14(15)17)19-16(20)13-8-12(13)10-3-2-6-18-9-10/h2-7,9,12-13H,8H2,1H3,(H,19,20)/t12-,13-/m1/s1. The molecule has 0 aliphatic heterocycles. The second-order valence-corrected chi connectivity index (χ2v) is 5.93. The molecule has 1 heterocycles. The highest BCUT2D eigenvalue weighted by molar-refractivity contribution is 9.10. The molecule has 3 rings (SSSR count). The molecule has 108 valence electrons. The minimum atomic E-state index is 0.0371. The number of hydrogen-bond donors (Lipinski definition) is 1. The zero-order valence-corrected chi connectivity index (χ0v) is 13.1. The number of aromatic nitrogens is 1. The van der Waals surface area contributed by atoms with Crippen molar-refractivity contribution in [3.63, 3.8) is 0 Å². The van der Waals surface area contributed by atoms with Crippen LogP contribution in [0.25, 0.3) is 0 Å². The number of nitrogens with one attached hydrogen (secondary N) is 1. The van der Waals surface area contributed by atoms with Gasteiger partial charge in [0.05, 0.1) is 11.6 Å². The summed E-state index contributed by atoms with van der Waals surface area (Å²) in [5.74, 6) is 1.13. The summed E-state index contributed by atoms with van der Waals surface area (Å²) < 4.78 is 5.99. The Hall–Kier alpha value is -1.88. The van der Waals surface area contributed by atoms with Crippen LogP contribution in [-0.4, -0.2) is 18.0 Å². The number of carbonyl (C=O) groups is 1. The Labute approximate surface area is 131 Å². The summed E-state index contributed by atoms with van der Waals surface area (Å²) in [5, 5.41) is 2.95. The molecule has 2 aromatic rings. The number of halogens is 1. The molecule has 0 radical (unpaired) electrons. The number of anilines is 1. The van der Waals surface area contributed by atoms with Gasteiger partial charge >= 0.3 is 0 Å². The molecular formula is C16H15BrN2O2. The van der Waals surface area contributed by atoms with E-state index in [9.17, 15) is 4.79 Å². The van der Waals surface area contributed by atoms with Gasteiger partial charge in [0.15, 0.2) is 0 Å². The molecule has 0 saturated heterocycles. The van der Waals surface area contributed by atoms with E-state index in [0.717, 1.165) is 27.9 Å². The SMILES string of the molecule is COc1ccc(NC(=O)[C@@H]2C[C@@H]2c2cccnc2)cc1Br. The molecule has 4 nitrogen and oxygen atoms in total. The number of ether oxygens (including phenoxy) is 1. The summed E-state index contributed by atoms with van der Waals surface area (Å²) in [6, 6.07) is 9.43. The third-order valence-electron chi connectivity index (χ3n) is 3.66. The monoisotopic (exact) mass is 346 g/mol. The predicted octanol–water partition coefficient (Wildman–Crippen LogP) is 3.59. The number of pyridine rings is 1. The highest BCUT2D eigenvalue weighted by Crippen LogP contribution is 2.47. The molecule has 21 heavy (non-hydrogen) atoms. The quantitative estimate of drug-likeness (QED) is 0.920. The average molecular weight is 347 g/mol. The lowest BCUT2D eigenvalue weighted by atomic mass is 10.1. The smallest absolute Gasteiger partial charge is 0.228 e. The number of amides is 1. The Morgan fingerprint density at radius 3 is 2.95 bits per heavy atom. The Morgan fingerprint density at radius 1 is 1.43 bits per heavy atom. The van der Waals surface area contributed by atoms with E-state index < -0.39 is 0 Å². The van der Waals surface area contributed by atoms with Crippen LogP contribution in [0, 0.1) is 5.92 Å². The molecule has 1 aliphatic rings. The third-order valence-corrected chi connectivity index (χ3v) is 4.28. The predicted molar refractivity (Wildman–Crippen MR) is 84.4 cm³/mol. The fourth-order valence-corrected chi connectivity index (χ4v) is 2.97. The summed E-state index contributed by atoms with van der Waals surface area (Å²) in [7, 11) is 1.61. The Bertz CT molecular complexity index is 661. The lowest BCUT2D eigenvalue weighted by Gasteiger charge is -2.08. The number of carbonyl (C=O) groups excluding carboxylic acids is 1. The van der Waals surface area contributed by atoms with Crippen LogP contribution in [-0.2, 0) is 4.79 Å². The van der Waals surface area contributed by atoms with Gasteiger partial charge in [-0.05, 0) is 58.1 Å². The average Bonchev–Trinajstić information content (AvgIpc) is 3.29. The van der Waals surface area contributed by atoms with E-state index >= 15 is 0 Å². The van der Waals surface area contributed by atoms with Crippen LogP contribution >= 0.6 is 15.9 Å². The van der Waals surface area contributed by atoms with Crippen molar-refractivity contribution < 1.29 is 9.53 Å². The first-order chi connectivity index (χ1) is 10.2. The van der Waals surface area contributed by atoms with E-state index in [4.69, 9.17) is 4.74 Å². The van der Waals surface area contributed by atoms with Gasteiger partial charge in [-0.1, -0.05) is 6.07 Å².